The fourth-order valence-electron chi connectivity index (χ4n) is 4.48. The lowest BCUT2D eigenvalue weighted by Crippen LogP contribution is -2.44. The van der Waals surface area contributed by atoms with Gasteiger partial charge >= 0.3 is 0 Å². The molecule has 0 saturated carbocycles. The molecule has 2 aliphatic heterocycles. The number of methoxy groups -OCH3 is 1. The van der Waals surface area contributed by atoms with Gasteiger partial charge in [-0.1, -0.05) is 6.07 Å². The molecular formula is C23H35FN2O3. The largest absolute Gasteiger partial charge is 0.383 e. The molecule has 0 aliphatic carbocycles. The van der Waals surface area contributed by atoms with Crippen LogP contribution in [0.4, 0.5) is 4.39 Å². The summed E-state index contributed by atoms with van der Waals surface area (Å²) in [4.78, 5) is 17.0. The maximum Gasteiger partial charge on any atom is 0.253 e. The number of aryl methyl sites for hydroxylation is 1. The molecule has 0 bridgehead atoms. The minimum atomic E-state index is -0.320. The molecule has 0 N–H and O–H groups in total. The lowest BCUT2D eigenvalue weighted by Gasteiger charge is -2.38. The number of carbonyl (C=O) groups excluding carboxylic acids is 1. The molecule has 162 valence electrons. The Labute approximate surface area is 174 Å². The second kappa shape index (κ2) is 9.54. The molecule has 5 nitrogen and oxygen atoms in total. The summed E-state index contributed by atoms with van der Waals surface area (Å²) in [6.45, 7) is 10.9. The first kappa shape index (κ1) is 22.2. The zero-order chi connectivity index (χ0) is 21.0. The molecule has 3 rings (SSSR count). The molecule has 2 fully saturated rings. The SMILES string of the molecule is COCCN(C[C@@H]1CC2(CCN(C(=O)c3ccc(C)c(F)c3)CC2)CO1)C(C)C. The summed E-state index contributed by atoms with van der Waals surface area (Å²) in [6, 6.07) is 5.21. The highest BCUT2D eigenvalue weighted by molar-refractivity contribution is 5.94. The van der Waals surface area contributed by atoms with E-state index in [9.17, 15) is 9.18 Å². The lowest BCUT2D eigenvalue weighted by atomic mass is 9.76. The third kappa shape index (κ3) is 5.36. The van der Waals surface area contributed by atoms with Crippen molar-refractivity contribution in [3.8, 4) is 0 Å². The van der Waals surface area contributed by atoms with Gasteiger partial charge in [-0.05, 0) is 63.1 Å². The average molecular weight is 407 g/mol. The topological polar surface area (TPSA) is 42.0 Å². The highest BCUT2D eigenvalue weighted by Crippen LogP contribution is 2.42. The van der Waals surface area contributed by atoms with E-state index in [-0.39, 0.29) is 23.2 Å². The van der Waals surface area contributed by atoms with E-state index in [1.54, 1.807) is 26.2 Å². The standard InChI is InChI=1S/C23H35FN2O3/c1-17(2)26(11-12-28-4)15-20-14-23(16-29-20)7-9-25(10-8-23)22(27)19-6-5-18(3)21(24)13-19/h5-6,13,17,20H,7-12,14-16H2,1-4H3/t20-/m0/s1. The summed E-state index contributed by atoms with van der Waals surface area (Å²) in [7, 11) is 1.74. The minimum Gasteiger partial charge on any atom is -0.383 e. The van der Waals surface area contributed by atoms with Crippen LogP contribution in [0.25, 0.3) is 0 Å². The number of rotatable bonds is 7. The molecule has 2 aliphatic rings. The normalized spacial score (nSPS) is 21.5. The third-order valence-electron chi connectivity index (χ3n) is 6.57. The van der Waals surface area contributed by atoms with E-state index in [4.69, 9.17) is 9.47 Å². The lowest BCUT2D eigenvalue weighted by molar-refractivity contribution is 0.0366. The summed E-state index contributed by atoms with van der Waals surface area (Å²) in [6.07, 6.45) is 3.18. The minimum absolute atomic E-state index is 0.0697. The Balaban J connectivity index is 1.53. The van der Waals surface area contributed by atoms with Crippen LogP contribution in [0.1, 0.15) is 49.0 Å². The number of nitrogens with zero attached hydrogens (tertiary/aromatic N) is 2. The van der Waals surface area contributed by atoms with Gasteiger partial charge in [0.25, 0.3) is 5.91 Å². The first-order chi connectivity index (χ1) is 13.8. The molecular weight excluding hydrogens is 371 g/mol. The van der Waals surface area contributed by atoms with Crippen molar-refractivity contribution in [2.24, 2.45) is 5.41 Å². The van der Waals surface area contributed by atoms with Crippen molar-refractivity contribution in [3.63, 3.8) is 0 Å². The Morgan fingerprint density at radius 1 is 1.38 bits per heavy atom. The van der Waals surface area contributed by atoms with Crippen molar-refractivity contribution in [2.75, 3.05) is 46.5 Å². The van der Waals surface area contributed by atoms with Crippen molar-refractivity contribution in [1.29, 1.82) is 0 Å². The Hall–Kier alpha value is -1.50. The first-order valence-corrected chi connectivity index (χ1v) is 10.7. The average Bonchev–Trinajstić information content (AvgIpc) is 3.09. The van der Waals surface area contributed by atoms with Gasteiger partial charge in [0.15, 0.2) is 0 Å². The van der Waals surface area contributed by atoms with Crippen molar-refractivity contribution in [1.82, 2.24) is 9.80 Å². The Morgan fingerprint density at radius 3 is 2.72 bits per heavy atom. The molecule has 1 aromatic rings. The number of carbonyl (C=O) groups is 1. The number of amides is 1. The van der Waals surface area contributed by atoms with Crippen LogP contribution < -0.4 is 0 Å². The summed E-state index contributed by atoms with van der Waals surface area (Å²) in [5.74, 6) is -0.390. The molecule has 1 spiro atoms. The predicted molar refractivity (Wildman–Crippen MR) is 112 cm³/mol. The van der Waals surface area contributed by atoms with Crippen molar-refractivity contribution >= 4 is 5.91 Å². The quantitative estimate of drug-likeness (QED) is 0.695. The van der Waals surface area contributed by atoms with Crippen LogP contribution in [0.15, 0.2) is 18.2 Å². The smallest absolute Gasteiger partial charge is 0.253 e. The Kier molecular flexibility index (Phi) is 7.30. The van der Waals surface area contributed by atoms with Crippen LogP contribution in [-0.2, 0) is 9.47 Å². The molecule has 6 heteroatoms. The van der Waals surface area contributed by atoms with Crippen LogP contribution in [-0.4, -0.2) is 74.4 Å². The van der Waals surface area contributed by atoms with Crippen LogP contribution in [0.3, 0.4) is 0 Å². The zero-order valence-corrected chi connectivity index (χ0v) is 18.2. The fourth-order valence-corrected chi connectivity index (χ4v) is 4.48. The molecule has 29 heavy (non-hydrogen) atoms. The number of benzene rings is 1. The molecule has 2 saturated heterocycles. The first-order valence-electron chi connectivity index (χ1n) is 10.7. The second-order valence-electron chi connectivity index (χ2n) is 8.97. The van der Waals surface area contributed by atoms with Gasteiger partial charge in [-0.15, -0.1) is 0 Å². The predicted octanol–water partition coefficient (Wildman–Crippen LogP) is 3.50. The van der Waals surface area contributed by atoms with Gasteiger partial charge in [0.05, 0.1) is 19.3 Å². The maximum absolute atomic E-state index is 13.8. The van der Waals surface area contributed by atoms with Gasteiger partial charge in [-0.3, -0.25) is 9.69 Å². The third-order valence-corrected chi connectivity index (χ3v) is 6.57. The zero-order valence-electron chi connectivity index (χ0n) is 18.2. The number of hydrogen-bond donors (Lipinski definition) is 0. The highest BCUT2D eigenvalue weighted by atomic mass is 19.1. The molecule has 1 aromatic carbocycles. The Morgan fingerprint density at radius 2 is 2.10 bits per heavy atom. The van der Waals surface area contributed by atoms with E-state index in [1.165, 1.54) is 6.07 Å². The second-order valence-corrected chi connectivity index (χ2v) is 8.97. The molecule has 0 radical (unpaired) electrons. The highest BCUT2D eigenvalue weighted by Gasteiger charge is 2.43. The van der Waals surface area contributed by atoms with Crippen LogP contribution in [0.5, 0.6) is 0 Å². The van der Waals surface area contributed by atoms with Crippen molar-refractivity contribution < 1.29 is 18.7 Å². The van der Waals surface area contributed by atoms with E-state index in [0.717, 1.165) is 45.6 Å². The number of piperidine rings is 1. The van der Waals surface area contributed by atoms with Crippen molar-refractivity contribution in [3.05, 3.63) is 35.1 Å². The van der Waals surface area contributed by atoms with E-state index in [1.807, 2.05) is 4.90 Å². The van der Waals surface area contributed by atoms with Crippen LogP contribution in [0, 0.1) is 18.2 Å². The van der Waals surface area contributed by atoms with Gasteiger partial charge in [-0.25, -0.2) is 4.39 Å². The molecule has 1 amide bonds. The molecule has 1 atom stereocenters. The van der Waals surface area contributed by atoms with Crippen LogP contribution >= 0.6 is 0 Å². The molecule has 0 aromatic heterocycles. The van der Waals surface area contributed by atoms with Gasteiger partial charge in [0.1, 0.15) is 5.82 Å². The van der Waals surface area contributed by atoms with E-state index >= 15 is 0 Å². The summed E-state index contributed by atoms with van der Waals surface area (Å²) < 4.78 is 25.2. The monoisotopic (exact) mass is 406 g/mol. The Bertz CT molecular complexity index is 701. The van der Waals surface area contributed by atoms with Crippen LogP contribution in [0.2, 0.25) is 0 Å². The van der Waals surface area contributed by atoms with E-state index < -0.39 is 0 Å². The van der Waals surface area contributed by atoms with Crippen molar-refractivity contribution in [2.45, 2.75) is 52.2 Å². The fraction of sp³-hybridized carbons (Fsp3) is 0.696. The molecule has 0 unspecified atom stereocenters. The van der Waals surface area contributed by atoms with E-state index in [0.29, 0.717) is 30.3 Å². The summed E-state index contributed by atoms with van der Waals surface area (Å²) >= 11 is 0. The number of likely N-dealkylation sites (tertiary alicyclic amines) is 1. The maximum atomic E-state index is 13.8. The van der Waals surface area contributed by atoms with E-state index in [2.05, 4.69) is 18.7 Å². The van der Waals surface area contributed by atoms with Gasteiger partial charge in [0, 0.05) is 44.9 Å². The number of halogens is 1. The number of hydrogen-bond acceptors (Lipinski definition) is 4. The summed E-state index contributed by atoms with van der Waals surface area (Å²) in [5.41, 5.74) is 1.17. The summed E-state index contributed by atoms with van der Waals surface area (Å²) in [5, 5.41) is 0. The molecule has 2 heterocycles. The van der Waals surface area contributed by atoms with Gasteiger partial charge < -0.3 is 14.4 Å². The van der Waals surface area contributed by atoms with Gasteiger partial charge in [0.2, 0.25) is 0 Å². The van der Waals surface area contributed by atoms with Gasteiger partial charge in [-0.2, -0.15) is 0 Å². The number of ether oxygens (including phenoxy) is 2.